The molecule has 2 heteroatoms. The highest BCUT2D eigenvalue weighted by Crippen LogP contribution is 2.13. The normalized spacial score (nSPS) is 10.1. The molecule has 0 fully saturated rings. The highest BCUT2D eigenvalue weighted by molar-refractivity contribution is 5.45. The Kier molecular flexibility index (Phi) is 5.08. The molecule has 0 amide bonds. The van der Waals surface area contributed by atoms with Crippen molar-refractivity contribution in [3.8, 4) is 0 Å². The van der Waals surface area contributed by atoms with Crippen LogP contribution in [0.4, 0.5) is 5.69 Å². The van der Waals surface area contributed by atoms with Crippen LogP contribution in [0.25, 0.3) is 0 Å². The second kappa shape index (κ2) is 6.44. The smallest absolute Gasteiger partial charge is 0.0447 e. The standard InChI is InChI=1S/C12H19NO/c1-2-9-13(10-6-11-14)12-7-4-3-5-8-12/h3-5,7-8,14H,2,6,9-11H2,1H3. The van der Waals surface area contributed by atoms with E-state index in [1.807, 2.05) is 6.07 Å². The fourth-order valence-electron chi connectivity index (χ4n) is 1.54. The number of anilines is 1. The van der Waals surface area contributed by atoms with E-state index >= 15 is 0 Å². The van der Waals surface area contributed by atoms with Gasteiger partial charge in [0, 0.05) is 25.4 Å². The summed E-state index contributed by atoms with van der Waals surface area (Å²) in [5.74, 6) is 0. The van der Waals surface area contributed by atoms with E-state index in [1.54, 1.807) is 0 Å². The predicted molar refractivity (Wildman–Crippen MR) is 60.6 cm³/mol. The zero-order valence-corrected chi connectivity index (χ0v) is 8.82. The van der Waals surface area contributed by atoms with E-state index in [4.69, 9.17) is 5.11 Å². The average Bonchev–Trinajstić information content (AvgIpc) is 2.25. The van der Waals surface area contributed by atoms with Crippen LogP contribution in [0.15, 0.2) is 30.3 Å². The van der Waals surface area contributed by atoms with Crippen molar-refractivity contribution in [2.75, 3.05) is 24.6 Å². The quantitative estimate of drug-likeness (QED) is 0.749. The summed E-state index contributed by atoms with van der Waals surface area (Å²) in [5.41, 5.74) is 1.25. The SMILES string of the molecule is CCCN(CCCO)c1ccccc1. The Morgan fingerprint density at radius 2 is 1.86 bits per heavy atom. The summed E-state index contributed by atoms with van der Waals surface area (Å²) in [5, 5.41) is 8.80. The van der Waals surface area contributed by atoms with Crippen LogP contribution in [0.3, 0.4) is 0 Å². The van der Waals surface area contributed by atoms with E-state index in [0.717, 1.165) is 25.9 Å². The number of hydrogen-bond donors (Lipinski definition) is 1. The van der Waals surface area contributed by atoms with E-state index in [2.05, 4.69) is 36.1 Å². The minimum atomic E-state index is 0.271. The summed E-state index contributed by atoms with van der Waals surface area (Å²) in [6.07, 6.45) is 1.98. The summed E-state index contributed by atoms with van der Waals surface area (Å²) in [4.78, 5) is 2.32. The lowest BCUT2D eigenvalue weighted by molar-refractivity contribution is 0.289. The molecule has 0 spiro atoms. The molecule has 0 aliphatic rings. The summed E-state index contributed by atoms with van der Waals surface area (Å²) in [7, 11) is 0. The van der Waals surface area contributed by atoms with Gasteiger partial charge < -0.3 is 10.0 Å². The third-order valence-corrected chi connectivity index (χ3v) is 2.20. The van der Waals surface area contributed by atoms with Crippen LogP contribution in [0, 0.1) is 0 Å². The molecule has 0 radical (unpaired) electrons. The van der Waals surface area contributed by atoms with Crippen molar-refractivity contribution in [3.63, 3.8) is 0 Å². The molecule has 0 aliphatic heterocycles. The number of benzene rings is 1. The monoisotopic (exact) mass is 193 g/mol. The molecule has 0 saturated heterocycles. The largest absolute Gasteiger partial charge is 0.396 e. The molecule has 0 aliphatic carbocycles. The van der Waals surface area contributed by atoms with Gasteiger partial charge in [0.05, 0.1) is 0 Å². The number of rotatable bonds is 6. The van der Waals surface area contributed by atoms with Crippen molar-refractivity contribution in [2.45, 2.75) is 19.8 Å². The van der Waals surface area contributed by atoms with Crippen molar-refractivity contribution in [2.24, 2.45) is 0 Å². The van der Waals surface area contributed by atoms with Crippen LogP contribution in [-0.2, 0) is 0 Å². The molecule has 0 aromatic heterocycles. The molecule has 1 rings (SSSR count). The zero-order valence-electron chi connectivity index (χ0n) is 8.82. The first-order valence-electron chi connectivity index (χ1n) is 5.29. The minimum Gasteiger partial charge on any atom is -0.396 e. The number of aliphatic hydroxyl groups excluding tert-OH is 1. The Bertz CT molecular complexity index is 235. The molecule has 0 saturated carbocycles. The van der Waals surface area contributed by atoms with E-state index in [0.29, 0.717) is 0 Å². The Morgan fingerprint density at radius 1 is 1.14 bits per heavy atom. The van der Waals surface area contributed by atoms with Crippen molar-refractivity contribution < 1.29 is 5.11 Å². The Labute approximate surface area is 86.2 Å². The van der Waals surface area contributed by atoms with Crippen molar-refractivity contribution >= 4 is 5.69 Å². The molecule has 2 nitrogen and oxygen atoms in total. The van der Waals surface area contributed by atoms with Gasteiger partial charge in [-0.3, -0.25) is 0 Å². The maximum absolute atomic E-state index is 8.80. The van der Waals surface area contributed by atoms with Gasteiger partial charge >= 0.3 is 0 Å². The van der Waals surface area contributed by atoms with Crippen molar-refractivity contribution in [3.05, 3.63) is 30.3 Å². The lowest BCUT2D eigenvalue weighted by Crippen LogP contribution is -2.25. The highest BCUT2D eigenvalue weighted by Gasteiger charge is 2.03. The van der Waals surface area contributed by atoms with Gasteiger partial charge in [-0.25, -0.2) is 0 Å². The van der Waals surface area contributed by atoms with E-state index < -0.39 is 0 Å². The molecular formula is C12H19NO. The molecule has 78 valence electrons. The fraction of sp³-hybridized carbons (Fsp3) is 0.500. The average molecular weight is 193 g/mol. The number of hydrogen-bond acceptors (Lipinski definition) is 2. The van der Waals surface area contributed by atoms with Gasteiger partial charge in [-0.2, -0.15) is 0 Å². The molecule has 0 heterocycles. The van der Waals surface area contributed by atoms with Crippen LogP contribution in [0.1, 0.15) is 19.8 Å². The van der Waals surface area contributed by atoms with Crippen molar-refractivity contribution in [1.82, 2.24) is 0 Å². The van der Waals surface area contributed by atoms with Gasteiger partial charge in [0.15, 0.2) is 0 Å². The Balaban J connectivity index is 2.58. The van der Waals surface area contributed by atoms with Crippen LogP contribution < -0.4 is 4.90 Å². The van der Waals surface area contributed by atoms with Gasteiger partial charge in [0.1, 0.15) is 0 Å². The molecule has 0 bridgehead atoms. The van der Waals surface area contributed by atoms with Crippen LogP contribution in [0.5, 0.6) is 0 Å². The van der Waals surface area contributed by atoms with Crippen LogP contribution >= 0.6 is 0 Å². The number of nitrogens with zero attached hydrogens (tertiary/aromatic N) is 1. The van der Waals surface area contributed by atoms with Gasteiger partial charge in [-0.15, -0.1) is 0 Å². The summed E-state index contributed by atoms with van der Waals surface area (Å²) in [6, 6.07) is 10.4. The molecule has 1 aromatic carbocycles. The third kappa shape index (κ3) is 3.38. The topological polar surface area (TPSA) is 23.5 Å². The highest BCUT2D eigenvalue weighted by atomic mass is 16.3. The number of aliphatic hydroxyl groups is 1. The lowest BCUT2D eigenvalue weighted by atomic mass is 10.2. The summed E-state index contributed by atoms with van der Waals surface area (Å²) in [6.45, 7) is 4.44. The lowest BCUT2D eigenvalue weighted by Gasteiger charge is -2.23. The summed E-state index contributed by atoms with van der Waals surface area (Å²) < 4.78 is 0. The number of para-hydroxylation sites is 1. The first-order chi connectivity index (χ1) is 6.88. The van der Waals surface area contributed by atoms with Gasteiger partial charge in [-0.1, -0.05) is 25.1 Å². The fourth-order valence-corrected chi connectivity index (χ4v) is 1.54. The molecule has 0 atom stereocenters. The minimum absolute atomic E-state index is 0.271. The van der Waals surface area contributed by atoms with Crippen LogP contribution in [-0.4, -0.2) is 24.8 Å². The molecule has 1 aromatic rings. The second-order valence-electron chi connectivity index (χ2n) is 3.40. The van der Waals surface area contributed by atoms with Crippen LogP contribution in [0.2, 0.25) is 0 Å². The molecular weight excluding hydrogens is 174 g/mol. The zero-order chi connectivity index (χ0) is 10.2. The molecule has 14 heavy (non-hydrogen) atoms. The predicted octanol–water partition coefficient (Wildman–Crippen LogP) is 2.29. The second-order valence-corrected chi connectivity index (χ2v) is 3.40. The van der Waals surface area contributed by atoms with E-state index in [9.17, 15) is 0 Å². The third-order valence-electron chi connectivity index (χ3n) is 2.20. The van der Waals surface area contributed by atoms with E-state index in [1.165, 1.54) is 5.69 Å². The maximum atomic E-state index is 8.80. The Hall–Kier alpha value is -1.02. The van der Waals surface area contributed by atoms with E-state index in [-0.39, 0.29) is 6.61 Å². The van der Waals surface area contributed by atoms with Gasteiger partial charge in [0.2, 0.25) is 0 Å². The maximum Gasteiger partial charge on any atom is 0.0447 e. The first-order valence-corrected chi connectivity index (χ1v) is 5.29. The summed E-state index contributed by atoms with van der Waals surface area (Å²) >= 11 is 0. The first kappa shape index (κ1) is 11.1. The van der Waals surface area contributed by atoms with Gasteiger partial charge in [-0.05, 0) is 25.0 Å². The molecule has 1 N–H and O–H groups in total. The molecule has 0 unspecified atom stereocenters. The van der Waals surface area contributed by atoms with Crippen molar-refractivity contribution in [1.29, 1.82) is 0 Å². The Morgan fingerprint density at radius 3 is 2.43 bits per heavy atom. The van der Waals surface area contributed by atoms with Gasteiger partial charge in [0.25, 0.3) is 0 Å².